The van der Waals surface area contributed by atoms with Crippen LogP contribution in [0.2, 0.25) is 0 Å². The van der Waals surface area contributed by atoms with Crippen molar-refractivity contribution in [2.45, 2.75) is 17.7 Å². The predicted molar refractivity (Wildman–Crippen MR) is 112 cm³/mol. The average Bonchev–Trinajstić information content (AvgIpc) is 2.74. The number of hydrogen-bond donors (Lipinski definition) is 1. The fraction of sp³-hybridized carbons (Fsp3) is 0.300. The second-order valence-corrected chi connectivity index (χ2v) is 9.56. The molecule has 1 aliphatic rings. The number of hydrogen-bond acceptors (Lipinski definition) is 5. The van der Waals surface area contributed by atoms with Crippen molar-refractivity contribution < 1.29 is 27.1 Å². The topological polar surface area (TPSA) is 92.8 Å². The summed E-state index contributed by atoms with van der Waals surface area (Å²) in [6.45, 7) is -0.139. The van der Waals surface area contributed by atoms with Crippen molar-refractivity contribution in [2.75, 3.05) is 25.0 Å². The fourth-order valence-electron chi connectivity index (χ4n) is 3.09. The summed E-state index contributed by atoms with van der Waals surface area (Å²) in [5.74, 6) is -2.00. The van der Waals surface area contributed by atoms with Gasteiger partial charge in [0.25, 0.3) is 5.91 Å². The van der Waals surface area contributed by atoms with Crippen LogP contribution in [0.5, 0.6) is 0 Å². The second-order valence-electron chi connectivity index (χ2n) is 6.77. The molecular weight excluding hydrogens is 479 g/mol. The number of rotatable bonds is 6. The van der Waals surface area contributed by atoms with Crippen LogP contribution in [0.4, 0.5) is 10.1 Å². The van der Waals surface area contributed by atoms with Crippen LogP contribution in [0.25, 0.3) is 0 Å². The fourth-order valence-corrected chi connectivity index (χ4v) is 4.94. The lowest BCUT2D eigenvalue weighted by Gasteiger charge is -2.30. The highest BCUT2D eigenvalue weighted by molar-refractivity contribution is 9.10. The Balaban J connectivity index is 1.48. The van der Waals surface area contributed by atoms with E-state index in [0.29, 0.717) is 10.2 Å². The van der Waals surface area contributed by atoms with Crippen LogP contribution in [0.15, 0.2) is 57.9 Å². The number of piperidine rings is 1. The molecule has 7 nitrogen and oxygen atoms in total. The van der Waals surface area contributed by atoms with Crippen molar-refractivity contribution in [3.63, 3.8) is 0 Å². The number of esters is 1. The summed E-state index contributed by atoms with van der Waals surface area (Å²) in [7, 11) is -3.75. The molecular formula is C20H20BrFN2O5S. The van der Waals surface area contributed by atoms with E-state index in [4.69, 9.17) is 4.74 Å². The second kappa shape index (κ2) is 9.67. The molecule has 0 atom stereocenters. The van der Waals surface area contributed by atoms with Crippen molar-refractivity contribution in [3.8, 4) is 0 Å². The maximum atomic E-state index is 13.0. The van der Waals surface area contributed by atoms with Crippen LogP contribution < -0.4 is 5.32 Å². The third-order valence-corrected chi connectivity index (χ3v) is 7.34. The van der Waals surface area contributed by atoms with Gasteiger partial charge in [0.05, 0.1) is 16.5 Å². The van der Waals surface area contributed by atoms with Crippen molar-refractivity contribution >= 4 is 43.5 Å². The number of ether oxygens (including phenoxy) is 1. The molecule has 1 amide bonds. The number of carbonyl (C=O) groups is 2. The minimum absolute atomic E-state index is 0.00803. The summed E-state index contributed by atoms with van der Waals surface area (Å²) in [6.07, 6.45) is 0.566. The van der Waals surface area contributed by atoms with Gasteiger partial charge in [0, 0.05) is 17.6 Å². The quantitative estimate of drug-likeness (QED) is 0.617. The van der Waals surface area contributed by atoms with Crippen LogP contribution in [-0.2, 0) is 24.3 Å². The molecule has 0 spiro atoms. The molecule has 0 unspecified atom stereocenters. The van der Waals surface area contributed by atoms with Gasteiger partial charge in [0.1, 0.15) is 5.82 Å². The Morgan fingerprint density at radius 2 is 1.73 bits per heavy atom. The first-order valence-electron chi connectivity index (χ1n) is 9.24. The summed E-state index contributed by atoms with van der Waals surface area (Å²) in [5, 5.41) is 2.64. The molecule has 2 aromatic carbocycles. The van der Waals surface area contributed by atoms with Crippen LogP contribution >= 0.6 is 15.9 Å². The van der Waals surface area contributed by atoms with E-state index in [-0.39, 0.29) is 30.8 Å². The van der Waals surface area contributed by atoms with Gasteiger partial charge in [-0.25, -0.2) is 12.8 Å². The molecule has 1 saturated heterocycles. The standard InChI is InChI=1S/C20H20BrFN2O5S/c21-17-3-1-2-4-18(17)23-19(25)13-29-20(26)14-9-11-24(12-10-14)30(27,28)16-7-5-15(22)6-8-16/h1-8,14H,9-13H2,(H,23,25). The monoisotopic (exact) mass is 498 g/mol. The highest BCUT2D eigenvalue weighted by Gasteiger charge is 2.33. The Bertz CT molecular complexity index is 1020. The van der Waals surface area contributed by atoms with E-state index in [2.05, 4.69) is 21.2 Å². The van der Waals surface area contributed by atoms with Gasteiger partial charge >= 0.3 is 5.97 Å². The first kappa shape index (κ1) is 22.4. The molecule has 1 aliphatic heterocycles. The SMILES string of the molecule is O=C(COC(=O)C1CCN(S(=O)(=O)c2ccc(F)cc2)CC1)Nc1ccccc1Br. The normalized spacial score (nSPS) is 15.5. The molecule has 0 bridgehead atoms. The third-order valence-electron chi connectivity index (χ3n) is 4.73. The molecule has 0 aliphatic carbocycles. The van der Waals surface area contributed by atoms with Gasteiger partial charge in [-0.05, 0) is 65.2 Å². The van der Waals surface area contributed by atoms with Gasteiger partial charge in [-0.15, -0.1) is 0 Å². The molecule has 0 aromatic heterocycles. The van der Waals surface area contributed by atoms with E-state index in [1.807, 2.05) is 6.07 Å². The molecule has 2 aromatic rings. The van der Waals surface area contributed by atoms with E-state index >= 15 is 0 Å². The van der Waals surface area contributed by atoms with E-state index in [1.54, 1.807) is 18.2 Å². The maximum Gasteiger partial charge on any atom is 0.309 e. The molecule has 160 valence electrons. The number of benzene rings is 2. The maximum absolute atomic E-state index is 13.0. The lowest BCUT2D eigenvalue weighted by molar-refractivity contribution is -0.152. The van der Waals surface area contributed by atoms with E-state index in [1.165, 1.54) is 16.4 Å². The zero-order valence-corrected chi connectivity index (χ0v) is 18.3. The number of halogens is 2. The number of amides is 1. The summed E-state index contributed by atoms with van der Waals surface area (Å²) < 4.78 is 45.4. The molecule has 10 heteroatoms. The Morgan fingerprint density at radius 1 is 1.10 bits per heavy atom. The van der Waals surface area contributed by atoms with E-state index in [0.717, 1.165) is 12.1 Å². The lowest BCUT2D eigenvalue weighted by Crippen LogP contribution is -2.40. The zero-order chi connectivity index (χ0) is 21.7. The molecule has 30 heavy (non-hydrogen) atoms. The zero-order valence-electron chi connectivity index (χ0n) is 15.9. The largest absolute Gasteiger partial charge is 0.455 e. The Kier molecular flexibility index (Phi) is 7.22. The van der Waals surface area contributed by atoms with Crippen LogP contribution in [-0.4, -0.2) is 44.3 Å². The molecule has 1 N–H and O–H groups in total. The smallest absolute Gasteiger partial charge is 0.309 e. The molecule has 0 radical (unpaired) electrons. The van der Waals surface area contributed by atoms with Gasteiger partial charge in [-0.1, -0.05) is 12.1 Å². The van der Waals surface area contributed by atoms with Crippen molar-refractivity contribution in [3.05, 3.63) is 58.8 Å². The third kappa shape index (κ3) is 5.44. The summed E-state index contributed by atoms with van der Waals surface area (Å²) in [5.41, 5.74) is 0.567. The lowest BCUT2D eigenvalue weighted by atomic mass is 9.98. The molecule has 0 saturated carbocycles. The number of carbonyl (C=O) groups excluding carboxylic acids is 2. The number of nitrogens with one attached hydrogen (secondary N) is 1. The minimum atomic E-state index is -3.75. The Morgan fingerprint density at radius 3 is 2.37 bits per heavy atom. The van der Waals surface area contributed by atoms with Gasteiger partial charge in [0.15, 0.2) is 6.61 Å². The van der Waals surface area contributed by atoms with Gasteiger partial charge in [-0.2, -0.15) is 4.31 Å². The average molecular weight is 499 g/mol. The van der Waals surface area contributed by atoms with E-state index in [9.17, 15) is 22.4 Å². The number of para-hydroxylation sites is 1. The van der Waals surface area contributed by atoms with Gasteiger partial charge in [0.2, 0.25) is 10.0 Å². The number of sulfonamides is 1. The van der Waals surface area contributed by atoms with Gasteiger partial charge in [-0.3, -0.25) is 9.59 Å². The van der Waals surface area contributed by atoms with Crippen LogP contribution in [0, 0.1) is 11.7 Å². The highest BCUT2D eigenvalue weighted by atomic mass is 79.9. The first-order valence-corrected chi connectivity index (χ1v) is 11.5. The summed E-state index contributed by atoms with van der Waals surface area (Å²) in [6, 6.07) is 11.7. The van der Waals surface area contributed by atoms with Crippen LogP contribution in [0.3, 0.4) is 0 Å². The predicted octanol–water partition coefficient (Wildman–Crippen LogP) is 3.17. The van der Waals surface area contributed by atoms with Crippen LogP contribution in [0.1, 0.15) is 12.8 Å². The van der Waals surface area contributed by atoms with Gasteiger partial charge < -0.3 is 10.1 Å². The Hall–Kier alpha value is -2.30. The summed E-state index contributed by atoms with van der Waals surface area (Å²) in [4.78, 5) is 24.3. The highest BCUT2D eigenvalue weighted by Crippen LogP contribution is 2.25. The molecule has 3 rings (SSSR count). The summed E-state index contributed by atoms with van der Waals surface area (Å²) >= 11 is 3.31. The minimum Gasteiger partial charge on any atom is -0.455 e. The first-order chi connectivity index (χ1) is 14.3. The molecule has 1 heterocycles. The van der Waals surface area contributed by atoms with E-state index < -0.39 is 40.2 Å². The number of nitrogens with zero attached hydrogens (tertiary/aromatic N) is 1. The Labute approximate surface area is 182 Å². The molecule has 1 fully saturated rings. The van der Waals surface area contributed by atoms with Crippen molar-refractivity contribution in [2.24, 2.45) is 5.92 Å². The van der Waals surface area contributed by atoms with Crippen molar-refractivity contribution in [1.29, 1.82) is 0 Å². The number of anilines is 1. The van der Waals surface area contributed by atoms with Crippen molar-refractivity contribution in [1.82, 2.24) is 4.31 Å².